The lowest BCUT2D eigenvalue weighted by molar-refractivity contribution is -0.142. The number of carbonyl (C=O) groups excluding carboxylic acids is 4. The molecule has 250 valence electrons. The van der Waals surface area contributed by atoms with Crippen LogP contribution in [0.25, 0.3) is 0 Å². The van der Waals surface area contributed by atoms with Crippen molar-refractivity contribution in [2.45, 2.75) is 88.9 Å². The fraction of sp³-hybridized carbons (Fsp3) is 0.680. The number of rotatable bonds is 23. The van der Waals surface area contributed by atoms with Crippen molar-refractivity contribution in [1.29, 1.82) is 0 Å². The SMILES string of the molecule is CC(=O)N[C@@H](CCCN=C(N)N)C(=O)N[C@@H](CCC(=O)O)C(=O)N[C@@H](CCCCN)C(=O)N[C@@H](CCCN=C(N)N)C(=O)O. The Morgan fingerprint density at radius 2 is 1.02 bits per heavy atom. The molecule has 19 nitrogen and oxygen atoms in total. The van der Waals surface area contributed by atoms with Crippen LogP contribution in [-0.4, -0.2) is 102 Å². The van der Waals surface area contributed by atoms with Gasteiger partial charge < -0.3 is 60.1 Å². The molecule has 16 N–H and O–H groups in total. The molecule has 4 atom stereocenters. The third-order valence-electron chi connectivity index (χ3n) is 6.06. The van der Waals surface area contributed by atoms with Crippen molar-refractivity contribution in [3.8, 4) is 0 Å². The van der Waals surface area contributed by atoms with Crippen LogP contribution in [0.4, 0.5) is 0 Å². The van der Waals surface area contributed by atoms with Crippen LogP contribution in [0.15, 0.2) is 9.98 Å². The Bertz CT molecular complexity index is 1030. The summed E-state index contributed by atoms with van der Waals surface area (Å²) >= 11 is 0. The van der Waals surface area contributed by atoms with Crippen molar-refractivity contribution in [2.24, 2.45) is 38.7 Å². The van der Waals surface area contributed by atoms with Gasteiger partial charge in [-0.15, -0.1) is 0 Å². The van der Waals surface area contributed by atoms with Gasteiger partial charge in [0, 0.05) is 26.4 Å². The lowest BCUT2D eigenvalue weighted by atomic mass is 10.0. The summed E-state index contributed by atoms with van der Waals surface area (Å²) in [6.45, 7) is 1.80. The smallest absolute Gasteiger partial charge is 0.326 e. The highest BCUT2D eigenvalue weighted by Crippen LogP contribution is 2.08. The van der Waals surface area contributed by atoms with Gasteiger partial charge in [-0.05, 0) is 57.9 Å². The number of carbonyl (C=O) groups is 6. The minimum Gasteiger partial charge on any atom is -0.481 e. The van der Waals surface area contributed by atoms with Gasteiger partial charge in [-0.25, -0.2) is 4.79 Å². The number of nitrogens with zero attached hydrogens (tertiary/aromatic N) is 2. The maximum Gasteiger partial charge on any atom is 0.326 e. The predicted molar refractivity (Wildman–Crippen MR) is 161 cm³/mol. The molecule has 0 aliphatic heterocycles. The minimum absolute atomic E-state index is 0.00760. The highest BCUT2D eigenvalue weighted by atomic mass is 16.4. The summed E-state index contributed by atoms with van der Waals surface area (Å²) in [6, 6.07) is -5.05. The number of carboxylic acids is 2. The second kappa shape index (κ2) is 21.9. The number of guanidine groups is 2. The summed E-state index contributed by atoms with van der Waals surface area (Å²) in [5, 5.41) is 28.6. The average Bonchev–Trinajstić information content (AvgIpc) is 2.92. The van der Waals surface area contributed by atoms with Crippen molar-refractivity contribution in [2.75, 3.05) is 19.6 Å². The summed E-state index contributed by atoms with van der Waals surface area (Å²) in [5.74, 6) is -5.85. The van der Waals surface area contributed by atoms with Crippen LogP contribution in [0.3, 0.4) is 0 Å². The van der Waals surface area contributed by atoms with Crippen molar-refractivity contribution in [1.82, 2.24) is 21.3 Å². The Hall–Kier alpha value is -4.68. The predicted octanol–water partition coefficient (Wildman–Crippen LogP) is -3.87. The van der Waals surface area contributed by atoms with E-state index in [1.165, 1.54) is 6.92 Å². The molecular formula is C25H47N11O8. The Balaban J connectivity index is 5.81. The molecule has 0 aromatic heterocycles. The first-order valence-corrected chi connectivity index (χ1v) is 14.1. The summed E-state index contributed by atoms with van der Waals surface area (Å²) in [7, 11) is 0. The Labute approximate surface area is 255 Å². The molecule has 0 aromatic rings. The largest absolute Gasteiger partial charge is 0.481 e. The van der Waals surface area contributed by atoms with E-state index >= 15 is 0 Å². The molecule has 0 saturated carbocycles. The minimum atomic E-state index is -1.41. The van der Waals surface area contributed by atoms with E-state index < -0.39 is 66.2 Å². The fourth-order valence-corrected chi connectivity index (χ4v) is 3.89. The molecule has 0 spiro atoms. The number of hydrogen-bond donors (Lipinski definition) is 11. The number of nitrogens with one attached hydrogen (secondary N) is 4. The second-order valence-electron chi connectivity index (χ2n) is 9.89. The van der Waals surface area contributed by atoms with Crippen molar-refractivity contribution in [3.05, 3.63) is 0 Å². The van der Waals surface area contributed by atoms with Crippen LogP contribution >= 0.6 is 0 Å². The van der Waals surface area contributed by atoms with Crippen molar-refractivity contribution < 1.29 is 39.0 Å². The summed E-state index contributed by atoms with van der Waals surface area (Å²) in [4.78, 5) is 81.8. The number of unbranched alkanes of at least 4 members (excludes halogenated alkanes) is 1. The van der Waals surface area contributed by atoms with Gasteiger partial charge in [-0.3, -0.25) is 34.0 Å². The number of amides is 4. The first kappa shape index (κ1) is 39.3. The molecule has 0 aromatic carbocycles. The van der Waals surface area contributed by atoms with E-state index in [-0.39, 0.29) is 57.1 Å². The Morgan fingerprint density at radius 1 is 0.614 bits per heavy atom. The maximum atomic E-state index is 13.3. The molecule has 0 aliphatic rings. The molecule has 0 rings (SSSR count). The van der Waals surface area contributed by atoms with Gasteiger partial charge in [-0.2, -0.15) is 0 Å². The van der Waals surface area contributed by atoms with Crippen LogP contribution < -0.4 is 49.9 Å². The van der Waals surface area contributed by atoms with Gasteiger partial charge in [0.25, 0.3) is 0 Å². The number of hydrogen-bond acceptors (Lipinski definition) is 9. The lowest BCUT2D eigenvalue weighted by Crippen LogP contribution is -2.57. The molecule has 0 heterocycles. The molecule has 0 fully saturated rings. The zero-order valence-electron chi connectivity index (χ0n) is 24.9. The quantitative estimate of drug-likeness (QED) is 0.0293. The first-order chi connectivity index (χ1) is 20.7. The average molecular weight is 630 g/mol. The van der Waals surface area contributed by atoms with Crippen molar-refractivity contribution >= 4 is 47.5 Å². The number of aliphatic carboxylic acids is 2. The van der Waals surface area contributed by atoms with E-state index in [0.717, 1.165) is 0 Å². The van der Waals surface area contributed by atoms with Gasteiger partial charge in [0.2, 0.25) is 23.6 Å². The summed E-state index contributed by atoms with van der Waals surface area (Å²) in [5.41, 5.74) is 26.7. The van der Waals surface area contributed by atoms with E-state index in [0.29, 0.717) is 25.8 Å². The van der Waals surface area contributed by atoms with Gasteiger partial charge in [-0.1, -0.05) is 0 Å². The monoisotopic (exact) mass is 629 g/mol. The normalized spacial score (nSPS) is 13.2. The molecule has 0 bridgehead atoms. The summed E-state index contributed by atoms with van der Waals surface area (Å²) in [6.07, 6.45) is 0.746. The van der Waals surface area contributed by atoms with Gasteiger partial charge in [0.1, 0.15) is 24.2 Å². The van der Waals surface area contributed by atoms with Crippen LogP contribution in [-0.2, 0) is 28.8 Å². The standard InChI is InChI=1S/C25H47N11O8/c1-14(37)33-15(7-4-12-31-24(27)28)20(40)35-17(9-10-19(38)39)22(42)34-16(6-2-3-11-26)21(41)36-18(23(43)44)8-5-13-32-25(29)30/h15-18H,2-13,26H2,1H3,(H,33,37)(H,34,42)(H,35,40)(H,36,41)(H,38,39)(H,43,44)(H4,27,28,31)(H4,29,30,32)/t15-,16-,17-,18-/m0/s1. The lowest BCUT2D eigenvalue weighted by Gasteiger charge is -2.26. The maximum absolute atomic E-state index is 13.3. The zero-order valence-corrected chi connectivity index (χ0v) is 24.9. The highest BCUT2D eigenvalue weighted by Gasteiger charge is 2.31. The van der Waals surface area contributed by atoms with E-state index in [9.17, 15) is 39.0 Å². The zero-order chi connectivity index (χ0) is 33.7. The second-order valence-corrected chi connectivity index (χ2v) is 9.89. The van der Waals surface area contributed by atoms with E-state index in [1.54, 1.807) is 0 Å². The van der Waals surface area contributed by atoms with Gasteiger partial charge >= 0.3 is 11.9 Å². The van der Waals surface area contributed by atoms with E-state index in [2.05, 4.69) is 31.3 Å². The Morgan fingerprint density at radius 3 is 1.43 bits per heavy atom. The number of nitrogens with two attached hydrogens (primary N) is 5. The Kier molecular flexibility index (Phi) is 19.6. The number of carboxylic acid groups (broad SMARTS) is 2. The van der Waals surface area contributed by atoms with Crippen LogP contribution in [0.2, 0.25) is 0 Å². The molecule has 0 unspecified atom stereocenters. The number of aliphatic imine (C=N–C) groups is 2. The van der Waals surface area contributed by atoms with Crippen LogP contribution in [0.5, 0.6) is 0 Å². The summed E-state index contributed by atoms with van der Waals surface area (Å²) < 4.78 is 0. The van der Waals surface area contributed by atoms with E-state index in [1.807, 2.05) is 0 Å². The van der Waals surface area contributed by atoms with Crippen molar-refractivity contribution in [3.63, 3.8) is 0 Å². The highest BCUT2D eigenvalue weighted by molar-refractivity contribution is 5.95. The van der Waals surface area contributed by atoms with Gasteiger partial charge in [0.15, 0.2) is 11.9 Å². The van der Waals surface area contributed by atoms with E-state index in [4.69, 9.17) is 28.7 Å². The topological polar surface area (TPSA) is 346 Å². The molecule has 4 amide bonds. The van der Waals surface area contributed by atoms with Gasteiger partial charge in [0.05, 0.1) is 0 Å². The van der Waals surface area contributed by atoms with Crippen LogP contribution in [0, 0.1) is 0 Å². The van der Waals surface area contributed by atoms with Crippen LogP contribution in [0.1, 0.15) is 64.7 Å². The third-order valence-corrected chi connectivity index (χ3v) is 6.06. The molecule has 44 heavy (non-hydrogen) atoms. The molecule has 0 radical (unpaired) electrons. The first-order valence-electron chi connectivity index (χ1n) is 14.1. The fourth-order valence-electron chi connectivity index (χ4n) is 3.89. The molecule has 0 saturated heterocycles. The molecule has 19 heteroatoms. The molecule has 0 aliphatic carbocycles. The molecular weight excluding hydrogens is 582 g/mol. The third kappa shape index (κ3) is 18.7.